The molecule has 0 aromatic heterocycles. The molecule has 1 aliphatic rings. The van der Waals surface area contributed by atoms with Gasteiger partial charge in [0.25, 0.3) is 0 Å². The highest BCUT2D eigenvalue weighted by atomic mass is 79.9. The highest BCUT2D eigenvalue weighted by Gasteiger charge is 2.21. The van der Waals surface area contributed by atoms with E-state index in [-0.39, 0.29) is 11.9 Å². The molecular weight excluding hydrogens is 331 g/mol. The molecule has 1 heterocycles. The van der Waals surface area contributed by atoms with Crippen LogP contribution in [0.3, 0.4) is 0 Å². The van der Waals surface area contributed by atoms with Gasteiger partial charge in [0, 0.05) is 23.6 Å². The molecule has 4 heteroatoms. The zero-order valence-corrected chi connectivity index (χ0v) is 13.3. The van der Waals surface area contributed by atoms with Crippen LogP contribution in [0.1, 0.15) is 18.0 Å². The molecular formula is C17H18BrFN2. The topological polar surface area (TPSA) is 15.3 Å². The molecule has 0 aliphatic carbocycles. The number of nitrogens with one attached hydrogen (secondary N) is 1. The molecule has 1 unspecified atom stereocenters. The highest BCUT2D eigenvalue weighted by molar-refractivity contribution is 9.10. The normalized spacial score (nSPS) is 19.3. The Balaban J connectivity index is 1.87. The highest BCUT2D eigenvalue weighted by Crippen LogP contribution is 2.27. The van der Waals surface area contributed by atoms with E-state index in [0.29, 0.717) is 5.69 Å². The van der Waals surface area contributed by atoms with Crippen LogP contribution in [-0.2, 0) is 0 Å². The summed E-state index contributed by atoms with van der Waals surface area (Å²) in [4.78, 5) is 2.14. The molecule has 3 rings (SSSR count). The zero-order valence-electron chi connectivity index (χ0n) is 11.7. The van der Waals surface area contributed by atoms with Crippen molar-refractivity contribution >= 4 is 21.6 Å². The molecule has 0 radical (unpaired) electrons. The zero-order chi connectivity index (χ0) is 14.7. The third kappa shape index (κ3) is 3.44. The van der Waals surface area contributed by atoms with Gasteiger partial charge in [-0.25, -0.2) is 4.39 Å². The fraction of sp³-hybridized carbons (Fsp3) is 0.294. The maximum Gasteiger partial charge on any atom is 0.146 e. The SMILES string of the molecule is Fc1ccc(Br)cc1N1CCCNC(c2ccccc2)C1. The van der Waals surface area contributed by atoms with Gasteiger partial charge in [-0.3, -0.25) is 0 Å². The molecule has 21 heavy (non-hydrogen) atoms. The Hall–Kier alpha value is -1.39. The standard InChI is InChI=1S/C17H18BrFN2/c18-14-7-8-15(19)17(11-14)21-10-4-9-20-16(12-21)13-5-2-1-3-6-13/h1-3,5-8,11,16,20H,4,9-10,12H2. The van der Waals surface area contributed by atoms with Crippen LogP contribution in [0.2, 0.25) is 0 Å². The minimum Gasteiger partial charge on any atom is -0.367 e. The summed E-state index contributed by atoms with van der Waals surface area (Å²) >= 11 is 3.43. The van der Waals surface area contributed by atoms with E-state index in [2.05, 4.69) is 38.3 Å². The summed E-state index contributed by atoms with van der Waals surface area (Å²) in [5.74, 6) is -0.160. The molecule has 2 aromatic carbocycles. The predicted molar refractivity (Wildman–Crippen MR) is 88.1 cm³/mol. The summed E-state index contributed by atoms with van der Waals surface area (Å²) in [6.07, 6.45) is 1.01. The van der Waals surface area contributed by atoms with E-state index in [4.69, 9.17) is 0 Å². The van der Waals surface area contributed by atoms with Crippen LogP contribution >= 0.6 is 15.9 Å². The van der Waals surface area contributed by atoms with Crippen LogP contribution in [0.4, 0.5) is 10.1 Å². The molecule has 1 N–H and O–H groups in total. The lowest BCUT2D eigenvalue weighted by atomic mass is 10.1. The Morgan fingerprint density at radius 2 is 1.95 bits per heavy atom. The van der Waals surface area contributed by atoms with Gasteiger partial charge in [-0.15, -0.1) is 0 Å². The van der Waals surface area contributed by atoms with Crippen LogP contribution in [0.15, 0.2) is 53.0 Å². The van der Waals surface area contributed by atoms with Crippen LogP contribution < -0.4 is 10.2 Å². The minimum atomic E-state index is -0.160. The minimum absolute atomic E-state index is 0.160. The predicted octanol–water partition coefficient (Wildman–Crippen LogP) is 4.13. The first-order chi connectivity index (χ1) is 10.2. The molecule has 0 bridgehead atoms. The van der Waals surface area contributed by atoms with Crippen molar-refractivity contribution in [3.8, 4) is 0 Å². The molecule has 2 nitrogen and oxygen atoms in total. The summed E-state index contributed by atoms with van der Waals surface area (Å²) in [5.41, 5.74) is 1.92. The van der Waals surface area contributed by atoms with Gasteiger partial charge < -0.3 is 10.2 Å². The Morgan fingerprint density at radius 3 is 2.76 bits per heavy atom. The molecule has 1 aliphatic heterocycles. The Morgan fingerprint density at radius 1 is 1.14 bits per heavy atom. The summed E-state index contributed by atoms with van der Waals surface area (Å²) in [6.45, 7) is 2.59. The van der Waals surface area contributed by atoms with Crippen LogP contribution in [0.25, 0.3) is 0 Å². The van der Waals surface area contributed by atoms with Gasteiger partial charge in [-0.2, -0.15) is 0 Å². The summed E-state index contributed by atoms with van der Waals surface area (Å²) < 4.78 is 15.0. The lowest BCUT2D eigenvalue weighted by Crippen LogP contribution is -2.31. The number of nitrogens with zero attached hydrogens (tertiary/aromatic N) is 1. The van der Waals surface area contributed by atoms with E-state index < -0.39 is 0 Å². The van der Waals surface area contributed by atoms with Gasteiger partial charge in [-0.05, 0) is 36.7 Å². The number of rotatable bonds is 2. The molecule has 1 saturated heterocycles. The summed E-state index contributed by atoms with van der Waals surface area (Å²) in [7, 11) is 0. The van der Waals surface area contributed by atoms with Crippen molar-refractivity contribution in [1.82, 2.24) is 5.32 Å². The molecule has 0 amide bonds. The average molecular weight is 349 g/mol. The fourth-order valence-corrected chi connectivity index (χ4v) is 3.13. The van der Waals surface area contributed by atoms with Gasteiger partial charge in [0.1, 0.15) is 5.82 Å². The van der Waals surface area contributed by atoms with E-state index in [0.717, 1.165) is 30.5 Å². The number of hydrogen-bond acceptors (Lipinski definition) is 2. The third-order valence-electron chi connectivity index (χ3n) is 3.85. The van der Waals surface area contributed by atoms with Gasteiger partial charge >= 0.3 is 0 Å². The van der Waals surface area contributed by atoms with Crippen molar-refractivity contribution in [1.29, 1.82) is 0 Å². The second kappa shape index (κ2) is 6.58. The van der Waals surface area contributed by atoms with Crippen molar-refractivity contribution in [3.63, 3.8) is 0 Å². The molecule has 2 aromatic rings. The van der Waals surface area contributed by atoms with Crippen molar-refractivity contribution in [2.24, 2.45) is 0 Å². The average Bonchev–Trinajstić information content (AvgIpc) is 2.76. The molecule has 0 spiro atoms. The quantitative estimate of drug-likeness (QED) is 0.877. The van der Waals surface area contributed by atoms with Crippen molar-refractivity contribution in [3.05, 3.63) is 64.4 Å². The van der Waals surface area contributed by atoms with Gasteiger partial charge in [0.2, 0.25) is 0 Å². The first-order valence-electron chi connectivity index (χ1n) is 7.22. The number of halogens is 2. The molecule has 110 valence electrons. The fourth-order valence-electron chi connectivity index (χ4n) is 2.78. The van der Waals surface area contributed by atoms with E-state index >= 15 is 0 Å². The first kappa shape index (κ1) is 14.5. The summed E-state index contributed by atoms with van der Waals surface area (Å²) in [6, 6.07) is 15.7. The largest absolute Gasteiger partial charge is 0.367 e. The molecule has 1 fully saturated rings. The maximum atomic E-state index is 14.1. The maximum absolute atomic E-state index is 14.1. The van der Waals surface area contributed by atoms with E-state index in [1.54, 1.807) is 6.07 Å². The van der Waals surface area contributed by atoms with Crippen LogP contribution in [-0.4, -0.2) is 19.6 Å². The van der Waals surface area contributed by atoms with Crippen LogP contribution in [0, 0.1) is 5.82 Å². The first-order valence-corrected chi connectivity index (χ1v) is 8.01. The van der Waals surface area contributed by atoms with E-state index in [9.17, 15) is 4.39 Å². The smallest absolute Gasteiger partial charge is 0.146 e. The lowest BCUT2D eigenvalue weighted by molar-refractivity contribution is 0.564. The van der Waals surface area contributed by atoms with Gasteiger partial charge in [-0.1, -0.05) is 46.3 Å². The van der Waals surface area contributed by atoms with Gasteiger partial charge in [0.15, 0.2) is 0 Å². The van der Waals surface area contributed by atoms with Crippen molar-refractivity contribution < 1.29 is 4.39 Å². The number of anilines is 1. The Kier molecular flexibility index (Phi) is 4.56. The number of benzene rings is 2. The Bertz CT molecular complexity index is 603. The van der Waals surface area contributed by atoms with E-state index in [1.165, 1.54) is 11.6 Å². The lowest BCUT2D eigenvalue weighted by Gasteiger charge is -2.27. The van der Waals surface area contributed by atoms with Crippen molar-refractivity contribution in [2.45, 2.75) is 12.5 Å². The number of hydrogen-bond donors (Lipinski definition) is 1. The van der Waals surface area contributed by atoms with Crippen LogP contribution in [0.5, 0.6) is 0 Å². The molecule has 1 atom stereocenters. The molecule has 0 saturated carbocycles. The summed E-state index contributed by atoms with van der Waals surface area (Å²) in [5, 5.41) is 3.56. The monoisotopic (exact) mass is 348 g/mol. The second-order valence-corrected chi connectivity index (χ2v) is 6.23. The second-order valence-electron chi connectivity index (χ2n) is 5.31. The van der Waals surface area contributed by atoms with E-state index in [1.807, 2.05) is 24.3 Å². The van der Waals surface area contributed by atoms with Gasteiger partial charge in [0.05, 0.1) is 5.69 Å². The third-order valence-corrected chi connectivity index (χ3v) is 4.34. The Labute approximate surface area is 133 Å². The van der Waals surface area contributed by atoms with Crippen molar-refractivity contribution in [2.75, 3.05) is 24.5 Å².